The van der Waals surface area contributed by atoms with Gasteiger partial charge in [-0.3, -0.25) is 14.5 Å². The maximum atomic E-state index is 13.3. The molecule has 5 rings (SSSR count). The average molecular weight is 465 g/mol. The molecule has 0 saturated heterocycles. The molecule has 2 heterocycles. The lowest BCUT2D eigenvalue weighted by Crippen LogP contribution is -2.44. The normalized spacial score (nSPS) is 19.7. The van der Waals surface area contributed by atoms with Crippen LogP contribution >= 0.6 is 15.9 Å². The monoisotopic (exact) mass is 464 g/mol. The van der Waals surface area contributed by atoms with Crippen molar-refractivity contribution < 1.29 is 19.4 Å². The van der Waals surface area contributed by atoms with Crippen molar-refractivity contribution in [3.05, 3.63) is 93.5 Å². The molecule has 0 aliphatic carbocycles. The van der Waals surface area contributed by atoms with Crippen LogP contribution in [0, 0.1) is 0 Å². The number of carbonyl (C=O) groups excluding carboxylic acids is 2. The third-order valence-corrected chi connectivity index (χ3v) is 6.24. The maximum Gasteiger partial charge on any atom is 0.262 e. The first-order valence-corrected chi connectivity index (χ1v) is 10.2. The van der Waals surface area contributed by atoms with Crippen molar-refractivity contribution in [1.29, 1.82) is 0 Å². The van der Waals surface area contributed by atoms with Crippen molar-refractivity contribution >= 4 is 33.4 Å². The zero-order valence-electron chi connectivity index (χ0n) is 15.8. The minimum absolute atomic E-state index is 0.0495. The Labute approximate surface area is 181 Å². The molecule has 150 valence electrons. The van der Waals surface area contributed by atoms with Gasteiger partial charge in [-0.2, -0.15) is 0 Å². The van der Waals surface area contributed by atoms with Crippen LogP contribution in [0.25, 0.3) is 0 Å². The van der Waals surface area contributed by atoms with Gasteiger partial charge >= 0.3 is 0 Å². The van der Waals surface area contributed by atoms with E-state index in [0.717, 1.165) is 10.0 Å². The molecule has 2 aliphatic rings. The molecule has 0 spiro atoms. The molecular formula is C23H17BrN2O4. The number of hydrogen-bond acceptors (Lipinski definition) is 4. The smallest absolute Gasteiger partial charge is 0.262 e. The van der Waals surface area contributed by atoms with Crippen LogP contribution in [0.4, 0.5) is 5.69 Å². The van der Waals surface area contributed by atoms with E-state index < -0.39 is 5.72 Å². The van der Waals surface area contributed by atoms with Crippen LogP contribution < -0.4 is 10.1 Å². The molecule has 1 unspecified atom stereocenters. The summed E-state index contributed by atoms with van der Waals surface area (Å²) in [6.45, 7) is 0.150. The van der Waals surface area contributed by atoms with Gasteiger partial charge in [-0.1, -0.05) is 58.4 Å². The lowest BCUT2D eigenvalue weighted by molar-refractivity contribution is -0.118. The number of rotatable bonds is 3. The summed E-state index contributed by atoms with van der Waals surface area (Å²) in [6, 6.07) is 19.7. The number of fused-ring (bicyclic) bond motifs is 2. The van der Waals surface area contributed by atoms with Gasteiger partial charge in [-0.25, -0.2) is 0 Å². The third-order valence-electron chi connectivity index (χ3n) is 5.47. The largest absolute Gasteiger partial charge is 0.482 e. The number of nitrogens with one attached hydrogen (secondary N) is 1. The fraction of sp³-hybridized carbons (Fsp3) is 0.130. The summed E-state index contributed by atoms with van der Waals surface area (Å²) in [7, 11) is 0. The van der Waals surface area contributed by atoms with Crippen molar-refractivity contribution in [3.63, 3.8) is 0 Å². The van der Waals surface area contributed by atoms with Crippen molar-refractivity contribution in [3.8, 4) is 5.75 Å². The maximum absolute atomic E-state index is 13.3. The van der Waals surface area contributed by atoms with E-state index in [2.05, 4.69) is 21.2 Å². The molecule has 30 heavy (non-hydrogen) atoms. The van der Waals surface area contributed by atoms with E-state index in [4.69, 9.17) is 4.74 Å². The number of anilines is 1. The average Bonchev–Trinajstić information content (AvgIpc) is 2.97. The second kappa shape index (κ2) is 6.97. The van der Waals surface area contributed by atoms with Gasteiger partial charge in [0.1, 0.15) is 5.75 Å². The summed E-state index contributed by atoms with van der Waals surface area (Å²) in [5, 5.41) is 14.8. The molecule has 7 heteroatoms. The van der Waals surface area contributed by atoms with Gasteiger partial charge in [-0.05, 0) is 29.8 Å². The highest BCUT2D eigenvalue weighted by atomic mass is 79.9. The molecular weight excluding hydrogens is 448 g/mol. The zero-order valence-corrected chi connectivity index (χ0v) is 17.3. The second-order valence-electron chi connectivity index (χ2n) is 7.25. The van der Waals surface area contributed by atoms with E-state index in [0.29, 0.717) is 28.1 Å². The van der Waals surface area contributed by atoms with Crippen LogP contribution in [0.15, 0.2) is 71.2 Å². The van der Waals surface area contributed by atoms with Gasteiger partial charge in [0.25, 0.3) is 11.8 Å². The number of halogens is 1. The molecule has 1 atom stereocenters. The van der Waals surface area contributed by atoms with Crippen molar-refractivity contribution in [1.82, 2.24) is 4.90 Å². The van der Waals surface area contributed by atoms with Gasteiger partial charge in [0, 0.05) is 21.2 Å². The lowest BCUT2D eigenvalue weighted by atomic mass is 9.93. The Morgan fingerprint density at radius 1 is 1.07 bits per heavy atom. The Kier molecular flexibility index (Phi) is 4.38. The standard InChI is InChI=1S/C23H17BrN2O4/c24-18-8-4-1-5-14(18)12-26-22(28)16-6-2-3-7-17(16)23(26,29)15-9-10-20-19(11-15)25-21(27)13-30-20/h1-11,29H,12-13H2,(H,25,27). The quantitative estimate of drug-likeness (QED) is 0.620. The molecule has 0 bridgehead atoms. The molecule has 0 radical (unpaired) electrons. The molecule has 2 amide bonds. The van der Waals surface area contributed by atoms with Crippen LogP contribution in [-0.4, -0.2) is 28.4 Å². The first-order valence-electron chi connectivity index (χ1n) is 9.43. The van der Waals surface area contributed by atoms with E-state index in [9.17, 15) is 14.7 Å². The van der Waals surface area contributed by atoms with Gasteiger partial charge < -0.3 is 15.2 Å². The lowest BCUT2D eigenvalue weighted by Gasteiger charge is -2.35. The Morgan fingerprint density at radius 2 is 1.83 bits per heavy atom. The predicted molar refractivity (Wildman–Crippen MR) is 114 cm³/mol. The predicted octanol–water partition coefficient (Wildman–Crippen LogP) is 3.63. The molecule has 0 saturated carbocycles. The summed E-state index contributed by atoms with van der Waals surface area (Å²) >= 11 is 3.52. The first kappa shape index (κ1) is 18.8. The SMILES string of the molecule is O=C1COc2ccc(C3(O)c4ccccc4C(=O)N3Cc3ccccc3Br)cc2N1. The highest BCUT2D eigenvalue weighted by Crippen LogP contribution is 2.45. The van der Waals surface area contributed by atoms with Gasteiger partial charge in [-0.15, -0.1) is 0 Å². The molecule has 3 aromatic rings. The Balaban J connectivity index is 1.66. The van der Waals surface area contributed by atoms with Crippen LogP contribution in [0.5, 0.6) is 5.75 Å². The minimum atomic E-state index is -1.69. The second-order valence-corrected chi connectivity index (χ2v) is 8.10. The molecule has 2 aliphatic heterocycles. The molecule has 6 nitrogen and oxygen atoms in total. The Morgan fingerprint density at radius 3 is 2.67 bits per heavy atom. The van der Waals surface area contributed by atoms with Crippen LogP contribution in [0.1, 0.15) is 27.0 Å². The van der Waals surface area contributed by atoms with Crippen LogP contribution in [-0.2, 0) is 17.1 Å². The number of carbonyl (C=O) groups is 2. The number of hydrogen-bond donors (Lipinski definition) is 2. The van der Waals surface area contributed by atoms with E-state index in [1.807, 2.05) is 24.3 Å². The first-order chi connectivity index (χ1) is 14.5. The van der Waals surface area contributed by atoms with Crippen molar-refractivity contribution in [2.45, 2.75) is 12.3 Å². The summed E-state index contributed by atoms with van der Waals surface area (Å²) in [5.74, 6) is -0.00150. The highest BCUT2D eigenvalue weighted by Gasteiger charge is 2.50. The van der Waals surface area contributed by atoms with E-state index in [-0.39, 0.29) is 25.0 Å². The third kappa shape index (κ3) is 2.81. The Bertz CT molecular complexity index is 1200. The molecule has 0 fully saturated rings. The number of nitrogens with zero attached hydrogens (tertiary/aromatic N) is 1. The number of benzene rings is 3. The molecule has 2 N–H and O–H groups in total. The number of ether oxygens (including phenoxy) is 1. The zero-order chi connectivity index (χ0) is 20.9. The van der Waals surface area contributed by atoms with Crippen LogP contribution in [0.2, 0.25) is 0 Å². The summed E-state index contributed by atoms with van der Waals surface area (Å²) in [5.41, 5.74) is 1.06. The van der Waals surface area contributed by atoms with Gasteiger partial charge in [0.2, 0.25) is 0 Å². The topological polar surface area (TPSA) is 78.9 Å². The minimum Gasteiger partial charge on any atom is -0.482 e. The summed E-state index contributed by atoms with van der Waals surface area (Å²) < 4.78 is 6.28. The highest BCUT2D eigenvalue weighted by molar-refractivity contribution is 9.10. The van der Waals surface area contributed by atoms with E-state index >= 15 is 0 Å². The van der Waals surface area contributed by atoms with Gasteiger partial charge in [0.15, 0.2) is 12.3 Å². The Hall–Kier alpha value is -3.16. The number of aliphatic hydroxyl groups is 1. The van der Waals surface area contributed by atoms with Gasteiger partial charge in [0.05, 0.1) is 12.2 Å². The number of amides is 2. The van der Waals surface area contributed by atoms with E-state index in [1.54, 1.807) is 42.5 Å². The van der Waals surface area contributed by atoms with Crippen molar-refractivity contribution in [2.75, 3.05) is 11.9 Å². The molecule has 3 aromatic carbocycles. The fourth-order valence-corrected chi connectivity index (χ4v) is 4.42. The van der Waals surface area contributed by atoms with Crippen molar-refractivity contribution in [2.24, 2.45) is 0 Å². The van der Waals surface area contributed by atoms with E-state index in [1.165, 1.54) is 4.90 Å². The fourth-order valence-electron chi connectivity index (χ4n) is 4.01. The van der Waals surface area contributed by atoms with Crippen LogP contribution in [0.3, 0.4) is 0 Å². The molecule has 0 aromatic heterocycles. The summed E-state index contributed by atoms with van der Waals surface area (Å²) in [6.07, 6.45) is 0. The summed E-state index contributed by atoms with van der Waals surface area (Å²) in [4.78, 5) is 26.5.